The molecule has 1 heterocycles. The Morgan fingerprint density at radius 1 is 1.43 bits per heavy atom. The number of nitrogens with zero attached hydrogens (tertiary/aromatic N) is 2. The lowest BCUT2D eigenvalue weighted by Crippen LogP contribution is -2.16. The Bertz CT molecular complexity index is 772. The molecular formula is C11H12N4O4S2. The van der Waals surface area contributed by atoms with Gasteiger partial charge in [0, 0.05) is 0 Å². The highest BCUT2D eigenvalue weighted by Gasteiger charge is 2.21. The zero-order valence-electron chi connectivity index (χ0n) is 11.2. The van der Waals surface area contributed by atoms with Gasteiger partial charge in [-0.05, 0) is 36.2 Å². The Morgan fingerprint density at radius 2 is 2.14 bits per heavy atom. The average Bonchev–Trinajstić information content (AvgIpc) is 2.91. The molecule has 0 unspecified atom stereocenters. The summed E-state index contributed by atoms with van der Waals surface area (Å²) in [7, 11) is -2.68. The largest absolute Gasteiger partial charge is 0.493 e. The maximum absolute atomic E-state index is 12.0. The molecule has 1 aromatic heterocycles. The van der Waals surface area contributed by atoms with Gasteiger partial charge in [0.25, 0.3) is 5.91 Å². The van der Waals surface area contributed by atoms with Crippen LogP contribution in [0.5, 0.6) is 5.75 Å². The second-order valence-corrected chi connectivity index (χ2v) is 6.44. The van der Waals surface area contributed by atoms with Crippen molar-refractivity contribution in [3.63, 3.8) is 0 Å². The van der Waals surface area contributed by atoms with Gasteiger partial charge < -0.3 is 10.1 Å². The molecule has 0 aliphatic heterocycles. The van der Waals surface area contributed by atoms with Crippen LogP contribution in [0.25, 0.3) is 0 Å². The van der Waals surface area contributed by atoms with E-state index in [0.29, 0.717) is 5.56 Å². The number of hydrogen-bond acceptors (Lipinski definition) is 7. The summed E-state index contributed by atoms with van der Waals surface area (Å²) in [5.41, 5.74) is 0.817. The van der Waals surface area contributed by atoms with Crippen molar-refractivity contribution in [2.24, 2.45) is 5.14 Å². The van der Waals surface area contributed by atoms with Gasteiger partial charge in [0.15, 0.2) is 5.75 Å². The van der Waals surface area contributed by atoms with Crippen molar-refractivity contribution < 1.29 is 17.9 Å². The molecule has 0 radical (unpaired) electrons. The molecule has 0 bridgehead atoms. The van der Waals surface area contributed by atoms with Gasteiger partial charge in [0.2, 0.25) is 10.0 Å². The molecule has 2 aromatic rings. The number of rotatable bonds is 4. The minimum Gasteiger partial charge on any atom is -0.493 e. The lowest BCUT2D eigenvalue weighted by Gasteiger charge is -2.14. The molecule has 2 rings (SSSR count). The van der Waals surface area contributed by atoms with Gasteiger partial charge in [-0.15, -0.1) is 5.10 Å². The van der Waals surface area contributed by atoms with E-state index in [4.69, 9.17) is 9.88 Å². The topological polar surface area (TPSA) is 124 Å². The fourth-order valence-corrected chi connectivity index (χ4v) is 2.92. The maximum atomic E-state index is 12.0. The van der Waals surface area contributed by atoms with Gasteiger partial charge in [0.1, 0.15) is 9.77 Å². The normalized spacial score (nSPS) is 11.2. The molecule has 0 spiro atoms. The number of aromatic nitrogens is 2. The SMILES string of the molecule is COc1c(NC(=O)c2cnns2)cc(C)cc1S(N)(=O)=O. The van der Waals surface area contributed by atoms with Crippen LogP contribution in [-0.2, 0) is 10.0 Å². The summed E-state index contributed by atoms with van der Waals surface area (Å²) in [4.78, 5) is 12.1. The molecule has 10 heteroatoms. The van der Waals surface area contributed by atoms with Gasteiger partial charge >= 0.3 is 0 Å². The molecule has 1 amide bonds. The van der Waals surface area contributed by atoms with E-state index in [2.05, 4.69) is 14.9 Å². The number of methoxy groups -OCH3 is 1. The predicted molar refractivity (Wildman–Crippen MR) is 77.0 cm³/mol. The van der Waals surface area contributed by atoms with Gasteiger partial charge in [-0.25, -0.2) is 13.6 Å². The summed E-state index contributed by atoms with van der Waals surface area (Å²) >= 11 is 0.921. The van der Waals surface area contributed by atoms with E-state index >= 15 is 0 Å². The number of benzene rings is 1. The molecule has 8 nitrogen and oxygen atoms in total. The summed E-state index contributed by atoms with van der Waals surface area (Å²) < 4.78 is 31.9. The number of sulfonamides is 1. The summed E-state index contributed by atoms with van der Waals surface area (Å²) in [5, 5.41) is 11.3. The van der Waals surface area contributed by atoms with Crippen LogP contribution in [0.15, 0.2) is 23.2 Å². The van der Waals surface area contributed by atoms with Crippen molar-refractivity contribution in [2.75, 3.05) is 12.4 Å². The van der Waals surface area contributed by atoms with E-state index in [1.807, 2.05) is 0 Å². The van der Waals surface area contributed by atoms with Gasteiger partial charge in [-0.2, -0.15) is 0 Å². The highest BCUT2D eigenvalue weighted by molar-refractivity contribution is 7.89. The van der Waals surface area contributed by atoms with Crippen molar-refractivity contribution >= 4 is 33.2 Å². The van der Waals surface area contributed by atoms with E-state index in [1.54, 1.807) is 13.0 Å². The highest BCUT2D eigenvalue weighted by Crippen LogP contribution is 2.33. The van der Waals surface area contributed by atoms with E-state index in [9.17, 15) is 13.2 Å². The Hall–Kier alpha value is -2.04. The molecule has 0 aliphatic carbocycles. The standard InChI is InChI=1S/C11H12N4O4S2/c1-6-3-7(14-11(16)8-5-13-15-20-8)10(19-2)9(4-6)21(12,17)18/h3-5H,1-2H3,(H,14,16)(H2,12,17,18). The number of carbonyl (C=O) groups is 1. The van der Waals surface area contributed by atoms with Gasteiger partial charge in [-0.1, -0.05) is 4.49 Å². The number of primary sulfonamides is 1. The maximum Gasteiger partial charge on any atom is 0.269 e. The van der Waals surface area contributed by atoms with Crippen molar-refractivity contribution in [1.82, 2.24) is 9.59 Å². The first-order valence-electron chi connectivity index (χ1n) is 5.63. The first-order chi connectivity index (χ1) is 9.82. The molecule has 0 saturated carbocycles. The van der Waals surface area contributed by atoms with Crippen LogP contribution in [0.3, 0.4) is 0 Å². The molecule has 0 fully saturated rings. The van der Waals surface area contributed by atoms with Crippen LogP contribution in [0, 0.1) is 6.92 Å². The minimum atomic E-state index is -3.98. The highest BCUT2D eigenvalue weighted by atomic mass is 32.2. The molecule has 0 atom stereocenters. The number of ether oxygens (including phenoxy) is 1. The first kappa shape index (κ1) is 15.4. The smallest absolute Gasteiger partial charge is 0.269 e. The Balaban J connectivity index is 2.49. The van der Waals surface area contributed by atoms with E-state index in [0.717, 1.165) is 11.5 Å². The van der Waals surface area contributed by atoms with Gasteiger partial charge in [-0.3, -0.25) is 4.79 Å². The number of nitrogens with two attached hydrogens (primary N) is 1. The second kappa shape index (κ2) is 5.76. The Labute approximate surface area is 125 Å². The number of hydrogen-bond donors (Lipinski definition) is 2. The number of amides is 1. The summed E-state index contributed by atoms with van der Waals surface area (Å²) in [5.74, 6) is -0.483. The minimum absolute atomic E-state index is 0.0195. The zero-order valence-corrected chi connectivity index (χ0v) is 12.8. The average molecular weight is 328 g/mol. The molecule has 1 aromatic carbocycles. The molecule has 112 valence electrons. The van der Waals surface area contributed by atoms with Crippen molar-refractivity contribution in [3.8, 4) is 5.75 Å². The van der Waals surface area contributed by atoms with Crippen LogP contribution in [-0.4, -0.2) is 31.0 Å². The fourth-order valence-electron chi connectivity index (χ4n) is 1.71. The zero-order chi connectivity index (χ0) is 15.6. The first-order valence-corrected chi connectivity index (χ1v) is 7.95. The molecular weight excluding hydrogens is 316 g/mol. The van der Waals surface area contributed by atoms with E-state index in [1.165, 1.54) is 19.4 Å². The van der Waals surface area contributed by atoms with Crippen LogP contribution >= 0.6 is 11.5 Å². The van der Waals surface area contributed by atoms with Gasteiger partial charge in [0.05, 0.1) is 19.0 Å². The second-order valence-electron chi connectivity index (χ2n) is 4.12. The molecule has 21 heavy (non-hydrogen) atoms. The third-order valence-corrected chi connectivity index (χ3v) is 4.12. The van der Waals surface area contributed by atoms with Crippen LogP contribution in [0.4, 0.5) is 5.69 Å². The van der Waals surface area contributed by atoms with Crippen molar-refractivity contribution in [2.45, 2.75) is 11.8 Å². The molecule has 3 N–H and O–H groups in total. The quantitative estimate of drug-likeness (QED) is 0.853. The number of anilines is 1. The van der Waals surface area contributed by atoms with E-state index < -0.39 is 15.9 Å². The van der Waals surface area contributed by atoms with Crippen LogP contribution < -0.4 is 15.2 Å². The number of aryl methyl sites for hydroxylation is 1. The summed E-state index contributed by atoms with van der Waals surface area (Å²) in [6, 6.07) is 2.96. The lowest BCUT2D eigenvalue weighted by atomic mass is 10.2. The predicted octanol–water partition coefficient (Wildman–Crippen LogP) is 0.755. The Morgan fingerprint density at radius 3 is 2.67 bits per heavy atom. The lowest BCUT2D eigenvalue weighted by molar-refractivity contribution is 0.103. The number of nitrogens with one attached hydrogen (secondary N) is 1. The fraction of sp³-hybridized carbons (Fsp3) is 0.182. The van der Waals surface area contributed by atoms with Crippen LogP contribution in [0.2, 0.25) is 0 Å². The van der Waals surface area contributed by atoms with Crippen molar-refractivity contribution in [1.29, 1.82) is 0 Å². The monoisotopic (exact) mass is 328 g/mol. The Kier molecular flexibility index (Phi) is 4.21. The summed E-state index contributed by atoms with van der Waals surface area (Å²) in [6.07, 6.45) is 1.31. The third kappa shape index (κ3) is 3.35. The summed E-state index contributed by atoms with van der Waals surface area (Å²) in [6.45, 7) is 1.68. The number of carbonyl (C=O) groups excluding carboxylic acids is 1. The van der Waals surface area contributed by atoms with E-state index in [-0.39, 0.29) is 21.2 Å². The molecule has 0 saturated heterocycles. The van der Waals surface area contributed by atoms with Crippen molar-refractivity contribution in [3.05, 3.63) is 28.8 Å². The molecule has 0 aliphatic rings. The third-order valence-electron chi connectivity index (χ3n) is 2.54. The van der Waals surface area contributed by atoms with Crippen LogP contribution in [0.1, 0.15) is 15.2 Å².